The molecule has 1 fully saturated rings. The number of nitrogens with two attached hydrogens (primary N) is 1. The molecule has 0 radical (unpaired) electrons. The summed E-state index contributed by atoms with van der Waals surface area (Å²) in [6.45, 7) is 2.10. The van der Waals surface area contributed by atoms with Crippen LogP contribution in [0.5, 0.6) is 11.5 Å². The highest BCUT2D eigenvalue weighted by Gasteiger charge is 2.66. The van der Waals surface area contributed by atoms with Crippen molar-refractivity contribution in [2.45, 2.75) is 24.6 Å². The minimum Gasteiger partial charge on any atom is -0.458 e. The monoisotopic (exact) mass is 495 g/mol. The average Bonchev–Trinajstić information content (AvgIpc) is 3.47. The summed E-state index contributed by atoms with van der Waals surface area (Å²) in [6, 6.07) is 11.2. The number of halogens is 1. The van der Waals surface area contributed by atoms with Crippen molar-refractivity contribution in [1.29, 1.82) is 5.26 Å². The van der Waals surface area contributed by atoms with Crippen LogP contribution in [-0.2, 0) is 14.9 Å². The molecule has 1 saturated heterocycles. The number of carbonyl (C=O) groups is 1. The van der Waals surface area contributed by atoms with E-state index in [1.165, 1.54) is 0 Å². The molecule has 1 spiro atoms. The Morgan fingerprint density at radius 3 is 2.84 bits per heavy atom. The van der Waals surface area contributed by atoms with Crippen molar-refractivity contribution in [2.75, 3.05) is 12.1 Å². The second-order valence-corrected chi connectivity index (χ2v) is 8.97. The van der Waals surface area contributed by atoms with E-state index in [2.05, 4.69) is 38.2 Å². The van der Waals surface area contributed by atoms with Crippen LogP contribution in [0, 0.1) is 24.2 Å². The molecule has 4 aliphatic heterocycles. The third-order valence-electron chi connectivity index (χ3n) is 6.66. The summed E-state index contributed by atoms with van der Waals surface area (Å²) in [5.74, 6) is 0.389. The molecule has 162 valence electrons. The third kappa shape index (κ3) is 2.30. The summed E-state index contributed by atoms with van der Waals surface area (Å²) in [4.78, 5) is 13.8. The minimum absolute atomic E-state index is 0.0641. The molecule has 2 aromatic rings. The molecule has 0 aromatic heterocycles. The van der Waals surface area contributed by atoms with Gasteiger partial charge in [0.05, 0.1) is 12.0 Å². The summed E-state index contributed by atoms with van der Waals surface area (Å²) in [7, 11) is 0. The van der Waals surface area contributed by atoms with Crippen molar-refractivity contribution in [1.82, 2.24) is 10.9 Å². The number of benzene rings is 2. The Morgan fingerprint density at radius 1 is 1.22 bits per heavy atom. The zero-order valence-corrected chi connectivity index (χ0v) is 18.4. The lowest BCUT2D eigenvalue weighted by molar-refractivity contribution is -0.124. The van der Waals surface area contributed by atoms with Gasteiger partial charge in [-0.15, -0.1) is 0 Å². The minimum atomic E-state index is -1.36. The van der Waals surface area contributed by atoms with E-state index in [0.29, 0.717) is 22.7 Å². The van der Waals surface area contributed by atoms with Crippen molar-refractivity contribution in [2.24, 2.45) is 11.7 Å². The van der Waals surface area contributed by atoms with Gasteiger partial charge in [-0.3, -0.25) is 4.79 Å². The Hall–Kier alpha value is -3.26. The Balaban J connectivity index is 1.61. The molecule has 4 heterocycles. The smallest absolute Gasteiger partial charge is 0.241 e. The predicted octanol–water partition coefficient (Wildman–Crippen LogP) is 2.19. The fourth-order valence-electron chi connectivity index (χ4n) is 5.26. The van der Waals surface area contributed by atoms with Gasteiger partial charge in [0.2, 0.25) is 18.6 Å². The number of hydrogen-bond donors (Lipinski definition) is 4. The maximum Gasteiger partial charge on any atom is 0.241 e. The van der Waals surface area contributed by atoms with Crippen LogP contribution >= 0.6 is 15.9 Å². The van der Waals surface area contributed by atoms with Gasteiger partial charge in [0, 0.05) is 15.7 Å². The van der Waals surface area contributed by atoms with Crippen molar-refractivity contribution in [3.63, 3.8) is 0 Å². The SMILES string of the molecule is Cc1ccc2c(c1Br)C1(C(=O)N2)C(C#N)=C(N)OC2NNC(c3ccc4c(c3)OCO4)C21. The molecule has 9 nitrogen and oxygen atoms in total. The molecule has 5 N–H and O–H groups in total. The van der Waals surface area contributed by atoms with E-state index in [9.17, 15) is 10.1 Å². The lowest BCUT2D eigenvalue weighted by atomic mass is 9.61. The van der Waals surface area contributed by atoms with Gasteiger partial charge in [-0.25, -0.2) is 10.9 Å². The highest BCUT2D eigenvalue weighted by molar-refractivity contribution is 9.10. The Bertz CT molecular complexity index is 1270. The van der Waals surface area contributed by atoms with Crippen LogP contribution in [-0.4, -0.2) is 18.9 Å². The van der Waals surface area contributed by atoms with Gasteiger partial charge in [-0.2, -0.15) is 5.26 Å². The number of amides is 1. The van der Waals surface area contributed by atoms with Crippen LogP contribution in [0.3, 0.4) is 0 Å². The summed E-state index contributed by atoms with van der Waals surface area (Å²) < 4.78 is 17.6. The summed E-state index contributed by atoms with van der Waals surface area (Å²) in [5, 5.41) is 13.1. The quantitative estimate of drug-likeness (QED) is 0.473. The molecule has 32 heavy (non-hydrogen) atoms. The van der Waals surface area contributed by atoms with Crippen LogP contribution in [0.1, 0.15) is 22.7 Å². The lowest BCUT2D eigenvalue weighted by Gasteiger charge is -2.42. The van der Waals surface area contributed by atoms with Crippen LogP contribution < -0.4 is 31.4 Å². The number of nitriles is 1. The van der Waals surface area contributed by atoms with Gasteiger partial charge in [-0.05, 0) is 36.2 Å². The number of hydrogen-bond acceptors (Lipinski definition) is 8. The van der Waals surface area contributed by atoms with Crippen LogP contribution in [0.15, 0.2) is 46.3 Å². The fourth-order valence-corrected chi connectivity index (χ4v) is 5.92. The largest absolute Gasteiger partial charge is 0.458 e. The number of hydrazine groups is 1. The molecule has 4 atom stereocenters. The standard InChI is InChI=1S/C22H18BrN5O4/c1-9-2-4-12-15(17(9)23)22(21(29)26-12)11(7-24)19(25)32-20-16(22)18(27-28-20)10-3-5-13-14(6-10)31-8-30-13/h2-6,16,18,20,27-28H,8,25H2,1H3,(H,26,29). The number of nitrogens with one attached hydrogen (secondary N) is 3. The number of ether oxygens (including phenoxy) is 3. The second kappa shape index (κ2) is 6.62. The topological polar surface area (TPSA) is 131 Å². The summed E-state index contributed by atoms with van der Waals surface area (Å²) in [5.41, 5.74) is 14.4. The summed E-state index contributed by atoms with van der Waals surface area (Å²) >= 11 is 3.68. The van der Waals surface area contributed by atoms with Gasteiger partial charge >= 0.3 is 0 Å². The highest BCUT2D eigenvalue weighted by atomic mass is 79.9. The van der Waals surface area contributed by atoms with Crippen molar-refractivity contribution >= 4 is 27.5 Å². The number of nitrogens with zero attached hydrogens (tertiary/aromatic N) is 1. The molecule has 6 rings (SSSR count). The number of aryl methyl sites for hydroxylation is 1. The van der Waals surface area contributed by atoms with E-state index in [1.807, 2.05) is 37.3 Å². The maximum absolute atomic E-state index is 13.8. The zero-order valence-electron chi connectivity index (χ0n) is 16.9. The molecular weight excluding hydrogens is 478 g/mol. The first-order valence-corrected chi connectivity index (χ1v) is 10.8. The van der Waals surface area contributed by atoms with E-state index in [-0.39, 0.29) is 24.2 Å². The van der Waals surface area contributed by atoms with Crippen molar-refractivity contribution in [3.8, 4) is 17.6 Å². The number of anilines is 1. The number of rotatable bonds is 1. The van der Waals surface area contributed by atoms with E-state index < -0.39 is 23.6 Å². The molecule has 0 saturated carbocycles. The van der Waals surface area contributed by atoms with E-state index in [4.69, 9.17) is 19.9 Å². The van der Waals surface area contributed by atoms with Crippen molar-refractivity contribution in [3.05, 3.63) is 63.0 Å². The zero-order chi connectivity index (χ0) is 22.2. The van der Waals surface area contributed by atoms with Gasteiger partial charge in [0.25, 0.3) is 0 Å². The van der Waals surface area contributed by atoms with Crippen LogP contribution in [0.25, 0.3) is 0 Å². The number of carbonyl (C=O) groups excluding carboxylic acids is 1. The Morgan fingerprint density at radius 2 is 2.03 bits per heavy atom. The van der Waals surface area contributed by atoms with E-state index in [1.54, 1.807) is 0 Å². The first kappa shape index (κ1) is 19.4. The fraction of sp³-hybridized carbons (Fsp3) is 0.273. The number of fused-ring (bicyclic) bond motifs is 5. The van der Waals surface area contributed by atoms with Gasteiger partial charge in [0.15, 0.2) is 17.7 Å². The van der Waals surface area contributed by atoms with Crippen LogP contribution in [0.2, 0.25) is 0 Å². The molecule has 10 heteroatoms. The molecule has 4 aliphatic rings. The maximum atomic E-state index is 13.8. The Kier molecular flexibility index (Phi) is 4.02. The predicted molar refractivity (Wildman–Crippen MR) is 116 cm³/mol. The van der Waals surface area contributed by atoms with Crippen LogP contribution in [0.4, 0.5) is 5.69 Å². The molecule has 0 bridgehead atoms. The Labute approximate surface area is 191 Å². The van der Waals surface area contributed by atoms with E-state index in [0.717, 1.165) is 15.6 Å². The molecule has 0 aliphatic carbocycles. The molecular formula is C22H18BrN5O4. The molecule has 1 amide bonds. The highest BCUT2D eigenvalue weighted by Crippen LogP contribution is 2.58. The summed E-state index contributed by atoms with van der Waals surface area (Å²) in [6.07, 6.45) is -0.647. The molecule has 2 aromatic carbocycles. The first-order chi connectivity index (χ1) is 15.5. The van der Waals surface area contributed by atoms with Gasteiger partial charge < -0.3 is 25.3 Å². The van der Waals surface area contributed by atoms with Gasteiger partial charge in [-0.1, -0.05) is 28.1 Å². The van der Waals surface area contributed by atoms with E-state index >= 15 is 0 Å². The normalized spacial score (nSPS) is 29.4. The van der Waals surface area contributed by atoms with Gasteiger partial charge in [0.1, 0.15) is 17.1 Å². The van der Waals surface area contributed by atoms with Crippen molar-refractivity contribution < 1.29 is 19.0 Å². The first-order valence-electron chi connectivity index (χ1n) is 10.1. The molecule has 4 unspecified atom stereocenters. The average molecular weight is 496 g/mol. The lowest BCUT2D eigenvalue weighted by Crippen LogP contribution is -2.54. The third-order valence-corrected chi connectivity index (χ3v) is 7.69. The second-order valence-electron chi connectivity index (χ2n) is 8.18.